The van der Waals surface area contributed by atoms with Gasteiger partial charge in [0.05, 0.1) is 18.8 Å². The zero-order valence-electron chi connectivity index (χ0n) is 29.2. The topological polar surface area (TPSA) is 115 Å². The summed E-state index contributed by atoms with van der Waals surface area (Å²) in [6.45, 7) is 2.50. The van der Waals surface area contributed by atoms with Gasteiger partial charge in [-0.2, -0.15) is 0 Å². The number of para-hydroxylation sites is 1. The molecule has 7 rings (SSSR count). The highest BCUT2D eigenvalue weighted by Gasteiger charge is 2.38. The van der Waals surface area contributed by atoms with Crippen molar-refractivity contribution in [3.63, 3.8) is 0 Å². The number of hydrogen-bond acceptors (Lipinski definition) is 8. The molecule has 5 aromatic carbocycles. The Kier molecular flexibility index (Phi) is 11.7. The van der Waals surface area contributed by atoms with Crippen LogP contribution in [0.2, 0.25) is 0 Å². The number of nitrogens with zero attached hydrogens (tertiary/aromatic N) is 2. The Morgan fingerprint density at radius 1 is 0.755 bits per heavy atom. The van der Waals surface area contributed by atoms with Gasteiger partial charge in [0.1, 0.15) is 11.5 Å². The van der Waals surface area contributed by atoms with E-state index in [4.69, 9.17) is 14.2 Å². The number of nitrogens with one attached hydrogen (secondary N) is 2. The number of aliphatic hydroxyl groups is 1. The molecule has 0 bridgehead atoms. The molecule has 1 aliphatic rings. The van der Waals surface area contributed by atoms with E-state index in [2.05, 4.69) is 51.8 Å². The van der Waals surface area contributed by atoms with E-state index < -0.39 is 6.29 Å². The van der Waals surface area contributed by atoms with Crippen LogP contribution in [0.25, 0.3) is 11.1 Å². The molecule has 0 radical (unpaired) electrons. The largest absolute Gasteiger partial charge is 0.457 e. The number of thioether (sulfide) groups is 1. The lowest BCUT2D eigenvalue weighted by molar-refractivity contribution is -0.268. The molecule has 268 valence electrons. The van der Waals surface area contributed by atoms with Crippen LogP contribution in [0.3, 0.4) is 0 Å². The van der Waals surface area contributed by atoms with Crippen LogP contribution in [-0.2, 0) is 22.6 Å². The molecule has 0 spiro atoms. The van der Waals surface area contributed by atoms with Gasteiger partial charge in [-0.25, -0.2) is 14.8 Å². The monoisotopic (exact) mass is 724 g/mol. The summed E-state index contributed by atoms with van der Waals surface area (Å²) < 4.78 is 19.1. The van der Waals surface area contributed by atoms with E-state index in [-0.39, 0.29) is 30.8 Å². The number of hydrogen-bond donors (Lipinski definition) is 3. The standard InChI is InChI=1S/C43H40N4O5S/c1-29-39(28-53-43-44-23-6-24-45-43)51-41(52-40(29)33-13-11-30(27-48)12-14-33)34-17-15-32(16-18-34)35-8-5-7-31(25-35)26-46-42(49)47-36-19-21-38(22-20-36)50-37-9-3-2-4-10-37/h2-25,29,39-41,48H,26-28H2,1H3,(H2,46,47,49)/t29-,39+,40+,41+/m1/s1. The fourth-order valence-electron chi connectivity index (χ4n) is 6.11. The summed E-state index contributed by atoms with van der Waals surface area (Å²) in [4.78, 5) is 21.4. The molecule has 1 aromatic heterocycles. The second kappa shape index (κ2) is 17.3. The minimum absolute atomic E-state index is 0.00779. The maximum atomic E-state index is 12.7. The minimum Gasteiger partial charge on any atom is -0.457 e. The van der Waals surface area contributed by atoms with Gasteiger partial charge in [0.25, 0.3) is 0 Å². The average molecular weight is 725 g/mol. The average Bonchev–Trinajstić information content (AvgIpc) is 3.21. The Balaban J connectivity index is 0.983. The summed E-state index contributed by atoms with van der Waals surface area (Å²) in [5, 5.41) is 16.1. The third-order valence-electron chi connectivity index (χ3n) is 9.03. The van der Waals surface area contributed by atoms with Gasteiger partial charge in [-0.1, -0.05) is 104 Å². The third kappa shape index (κ3) is 9.48. The lowest BCUT2D eigenvalue weighted by Crippen LogP contribution is -2.38. The van der Waals surface area contributed by atoms with Crippen LogP contribution in [0.15, 0.2) is 151 Å². The molecule has 0 unspecified atom stereocenters. The molecule has 4 atom stereocenters. The summed E-state index contributed by atoms with van der Waals surface area (Å²) >= 11 is 1.57. The normalized spacial score (nSPS) is 18.2. The molecule has 0 aliphatic carbocycles. The van der Waals surface area contributed by atoms with E-state index in [9.17, 15) is 9.90 Å². The quantitative estimate of drug-likeness (QED) is 0.0845. The third-order valence-corrected chi connectivity index (χ3v) is 9.99. The zero-order valence-corrected chi connectivity index (χ0v) is 30.0. The van der Waals surface area contributed by atoms with Crippen molar-refractivity contribution in [2.45, 2.75) is 43.7 Å². The molecule has 1 aliphatic heterocycles. The number of carbonyl (C=O) groups is 1. The van der Waals surface area contributed by atoms with Gasteiger partial charge in [0.2, 0.25) is 0 Å². The maximum Gasteiger partial charge on any atom is 0.319 e. The number of aliphatic hydroxyl groups excluding tert-OH is 1. The Morgan fingerprint density at radius 2 is 1.47 bits per heavy atom. The molecule has 3 N–H and O–H groups in total. The molecule has 0 saturated carbocycles. The molecular weight excluding hydrogens is 685 g/mol. The number of urea groups is 1. The lowest BCUT2D eigenvalue weighted by Gasteiger charge is -2.41. The first-order valence-electron chi connectivity index (χ1n) is 17.5. The summed E-state index contributed by atoms with van der Waals surface area (Å²) in [6, 6.07) is 42.5. The first-order valence-corrected chi connectivity index (χ1v) is 18.5. The smallest absolute Gasteiger partial charge is 0.319 e. The van der Waals surface area contributed by atoms with Gasteiger partial charge >= 0.3 is 6.03 Å². The van der Waals surface area contributed by atoms with Gasteiger partial charge in [0.15, 0.2) is 11.4 Å². The van der Waals surface area contributed by atoms with Gasteiger partial charge in [-0.15, -0.1) is 0 Å². The van der Waals surface area contributed by atoms with Crippen molar-refractivity contribution in [2.24, 2.45) is 5.92 Å². The highest BCUT2D eigenvalue weighted by atomic mass is 32.2. The number of rotatable bonds is 12. The lowest BCUT2D eigenvalue weighted by atomic mass is 9.91. The van der Waals surface area contributed by atoms with Crippen LogP contribution in [0.4, 0.5) is 10.5 Å². The van der Waals surface area contributed by atoms with Crippen LogP contribution < -0.4 is 15.4 Å². The molecule has 2 amide bonds. The van der Waals surface area contributed by atoms with Gasteiger partial charge < -0.3 is 30.0 Å². The first-order chi connectivity index (χ1) is 26.0. The van der Waals surface area contributed by atoms with Crippen LogP contribution in [0, 0.1) is 5.92 Å². The number of carbonyl (C=O) groups excluding carboxylic acids is 1. The molecule has 10 heteroatoms. The van der Waals surface area contributed by atoms with Crippen LogP contribution in [0.5, 0.6) is 11.5 Å². The van der Waals surface area contributed by atoms with E-state index in [1.54, 1.807) is 42.4 Å². The van der Waals surface area contributed by atoms with E-state index in [1.807, 2.05) is 91.0 Å². The molecule has 6 aromatic rings. The van der Waals surface area contributed by atoms with E-state index in [1.165, 1.54) is 0 Å². The molecular formula is C43H40N4O5S. The van der Waals surface area contributed by atoms with Crippen LogP contribution in [0.1, 0.15) is 41.6 Å². The van der Waals surface area contributed by atoms with Crippen LogP contribution >= 0.6 is 11.8 Å². The van der Waals surface area contributed by atoms with Crippen molar-refractivity contribution in [3.05, 3.63) is 168 Å². The molecule has 1 saturated heterocycles. The SMILES string of the molecule is C[C@@H]1[C@H](CSc2ncccn2)O[C@H](c2ccc(-c3cccc(CNC(=O)Nc4ccc(Oc5ccccc5)cc4)c3)cc2)O[C@@H]1c1ccc(CO)cc1. The fraction of sp³-hybridized carbons (Fsp3) is 0.186. The molecule has 9 nitrogen and oxygen atoms in total. The predicted octanol–water partition coefficient (Wildman–Crippen LogP) is 9.33. The minimum atomic E-state index is -0.577. The van der Waals surface area contributed by atoms with E-state index in [0.717, 1.165) is 39.1 Å². The van der Waals surface area contributed by atoms with E-state index >= 15 is 0 Å². The highest BCUT2D eigenvalue weighted by molar-refractivity contribution is 7.99. The summed E-state index contributed by atoms with van der Waals surface area (Å²) in [6.07, 6.45) is 2.57. The number of anilines is 1. The van der Waals surface area contributed by atoms with Crippen LogP contribution in [-0.4, -0.2) is 33.0 Å². The van der Waals surface area contributed by atoms with Crippen molar-refractivity contribution in [1.82, 2.24) is 15.3 Å². The van der Waals surface area contributed by atoms with Crippen molar-refractivity contribution in [3.8, 4) is 22.6 Å². The summed E-state index contributed by atoms with van der Waals surface area (Å²) in [7, 11) is 0. The van der Waals surface area contributed by atoms with Gasteiger partial charge in [-0.3, -0.25) is 0 Å². The summed E-state index contributed by atoms with van der Waals surface area (Å²) in [5.74, 6) is 2.16. The number of aromatic nitrogens is 2. The number of benzene rings is 5. The van der Waals surface area contributed by atoms with Gasteiger partial charge in [-0.05, 0) is 76.3 Å². The van der Waals surface area contributed by atoms with E-state index in [0.29, 0.717) is 28.9 Å². The van der Waals surface area contributed by atoms with Crippen molar-refractivity contribution in [1.29, 1.82) is 0 Å². The maximum absolute atomic E-state index is 12.7. The van der Waals surface area contributed by atoms with Gasteiger partial charge in [0, 0.05) is 41.9 Å². The van der Waals surface area contributed by atoms with Crippen molar-refractivity contribution in [2.75, 3.05) is 11.1 Å². The second-order valence-corrected chi connectivity index (χ2v) is 13.7. The number of ether oxygens (including phenoxy) is 3. The van der Waals surface area contributed by atoms with Crippen molar-refractivity contribution < 1.29 is 24.1 Å². The Bertz CT molecular complexity index is 2070. The summed E-state index contributed by atoms with van der Waals surface area (Å²) in [5.41, 5.74) is 6.51. The van der Waals surface area contributed by atoms with Crippen molar-refractivity contribution >= 4 is 23.5 Å². The zero-order chi connectivity index (χ0) is 36.4. The number of amides is 2. The fourth-order valence-corrected chi connectivity index (χ4v) is 7.07. The molecule has 53 heavy (non-hydrogen) atoms. The Labute approximate surface area is 313 Å². The predicted molar refractivity (Wildman–Crippen MR) is 206 cm³/mol. The molecule has 2 heterocycles. The highest BCUT2D eigenvalue weighted by Crippen LogP contribution is 2.43. The second-order valence-electron chi connectivity index (χ2n) is 12.7. The Morgan fingerprint density at radius 3 is 2.21 bits per heavy atom. The molecule has 1 fully saturated rings. The Hall–Kier alpha value is -5.52. The first kappa shape index (κ1) is 35.9.